The summed E-state index contributed by atoms with van der Waals surface area (Å²) >= 11 is 12.3. The van der Waals surface area contributed by atoms with Crippen LogP contribution in [0.4, 0.5) is 4.79 Å². The maximum atomic E-state index is 12.7. The second kappa shape index (κ2) is 11.4. The van der Waals surface area contributed by atoms with E-state index < -0.39 is 23.6 Å². The molecule has 0 aliphatic carbocycles. The summed E-state index contributed by atoms with van der Waals surface area (Å²) in [5, 5.41) is 4.75. The van der Waals surface area contributed by atoms with E-state index in [0.717, 1.165) is 10.6 Å². The Morgan fingerprint density at radius 3 is 2.19 bits per heavy atom. The molecule has 0 aliphatic heterocycles. The molecule has 0 heterocycles. The first kappa shape index (κ1) is 25.8. The van der Waals surface area contributed by atoms with Gasteiger partial charge in [0, 0.05) is 29.1 Å². The minimum Gasteiger partial charge on any atom is -0.489 e. The highest BCUT2D eigenvalue weighted by Gasteiger charge is 2.27. The van der Waals surface area contributed by atoms with Gasteiger partial charge >= 0.3 is 6.09 Å². The van der Waals surface area contributed by atoms with Crippen molar-refractivity contribution < 1.29 is 23.9 Å². The van der Waals surface area contributed by atoms with Crippen LogP contribution in [0.25, 0.3) is 0 Å². The lowest BCUT2D eigenvalue weighted by atomic mass is 10.1. The summed E-state index contributed by atoms with van der Waals surface area (Å²) in [6, 6.07) is 11.6. The van der Waals surface area contributed by atoms with E-state index in [1.54, 1.807) is 51.1 Å². The van der Waals surface area contributed by atoms with E-state index in [4.69, 9.17) is 37.5 Å². The van der Waals surface area contributed by atoms with Crippen molar-refractivity contribution in [3.8, 4) is 5.75 Å². The number of benzene rings is 2. The van der Waals surface area contributed by atoms with Crippen molar-refractivity contribution in [2.75, 3.05) is 14.2 Å². The average molecular weight is 483 g/mol. The van der Waals surface area contributed by atoms with Crippen molar-refractivity contribution in [2.45, 2.75) is 45.4 Å². The second-order valence-corrected chi connectivity index (χ2v) is 8.87. The molecule has 1 atom stereocenters. The summed E-state index contributed by atoms with van der Waals surface area (Å²) in [6.07, 6.45) is -0.445. The van der Waals surface area contributed by atoms with Gasteiger partial charge in [0.05, 0.1) is 7.11 Å². The van der Waals surface area contributed by atoms with E-state index in [1.165, 1.54) is 14.2 Å². The van der Waals surface area contributed by atoms with Crippen LogP contribution in [0.5, 0.6) is 5.75 Å². The van der Waals surface area contributed by atoms with Crippen LogP contribution in [-0.2, 0) is 27.4 Å². The summed E-state index contributed by atoms with van der Waals surface area (Å²) in [7, 11) is 2.85. The molecule has 2 aromatic rings. The van der Waals surface area contributed by atoms with Crippen LogP contribution in [-0.4, -0.2) is 42.9 Å². The summed E-state index contributed by atoms with van der Waals surface area (Å²) in [5.74, 6) is 0.203. The van der Waals surface area contributed by atoms with Gasteiger partial charge in [0.25, 0.3) is 5.91 Å². The summed E-state index contributed by atoms with van der Waals surface area (Å²) in [6.45, 7) is 5.47. The third-order valence-corrected chi connectivity index (χ3v) is 5.09. The minimum atomic E-state index is -0.872. The number of hydrogen-bond acceptors (Lipinski definition) is 5. The van der Waals surface area contributed by atoms with Crippen LogP contribution in [0.3, 0.4) is 0 Å². The fourth-order valence-electron chi connectivity index (χ4n) is 2.74. The minimum absolute atomic E-state index is 0.220. The lowest BCUT2D eigenvalue weighted by molar-refractivity contribution is -0.171. The van der Waals surface area contributed by atoms with Gasteiger partial charge in [-0.25, -0.2) is 9.86 Å². The van der Waals surface area contributed by atoms with E-state index in [-0.39, 0.29) is 13.0 Å². The van der Waals surface area contributed by atoms with E-state index in [9.17, 15) is 9.59 Å². The van der Waals surface area contributed by atoms with Crippen molar-refractivity contribution in [1.82, 2.24) is 10.4 Å². The van der Waals surface area contributed by atoms with Gasteiger partial charge in [-0.3, -0.25) is 9.63 Å². The molecule has 0 fully saturated rings. The second-order valence-electron chi connectivity index (χ2n) is 8.05. The Balaban J connectivity index is 2.07. The SMILES string of the molecule is CON(C)C(=O)[C@H](Cc1ccc(OCc2c(Cl)cccc2Cl)cc1)NC(=O)OC(C)(C)C. The lowest BCUT2D eigenvalue weighted by Gasteiger charge is -2.25. The fraction of sp³-hybridized carbons (Fsp3) is 0.391. The summed E-state index contributed by atoms with van der Waals surface area (Å²) in [4.78, 5) is 29.8. The molecule has 1 N–H and O–H groups in total. The standard InChI is InChI=1S/C23H28Cl2N2O5/c1-23(2,3)32-22(29)26-20(21(28)27(4)30-5)13-15-9-11-16(12-10-15)31-14-17-18(24)7-6-8-19(17)25/h6-12,20H,13-14H2,1-5H3,(H,26,29)/t20-/m0/s1. The van der Waals surface area contributed by atoms with Gasteiger partial charge in [0.1, 0.15) is 24.0 Å². The number of nitrogens with one attached hydrogen (secondary N) is 1. The van der Waals surface area contributed by atoms with Crippen LogP contribution in [0.1, 0.15) is 31.9 Å². The lowest BCUT2D eigenvalue weighted by Crippen LogP contribution is -2.49. The van der Waals surface area contributed by atoms with E-state index >= 15 is 0 Å². The van der Waals surface area contributed by atoms with Crippen molar-refractivity contribution in [3.63, 3.8) is 0 Å². The van der Waals surface area contributed by atoms with Gasteiger partial charge in [-0.05, 0) is 50.6 Å². The number of alkyl carbamates (subject to hydrolysis) is 1. The molecular formula is C23H28Cl2N2O5. The average Bonchev–Trinajstić information content (AvgIpc) is 2.71. The monoisotopic (exact) mass is 482 g/mol. The largest absolute Gasteiger partial charge is 0.489 e. The van der Waals surface area contributed by atoms with Crippen LogP contribution >= 0.6 is 23.2 Å². The molecule has 32 heavy (non-hydrogen) atoms. The fourth-order valence-corrected chi connectivity index (χ4v) is 3.25. The quantitative estimate of drug-likeness (QED) is 0.533. The predicted octanol–water partition coefficient (Wildman–Crippen LogP) is 5.03. The number of nitrogens with zero attached hydrogens (tertiary/aromatic N) is 1. The molecule has 2 rings (SSSR count). The van der Waals surface area contributed by atoms with Crippen molar-refractivity contribution >= 4 is 35.2 Å². The Labute approximate surface area is 198 Å². The number of ether oxygens (including phenoxy) is 2. The van der Waals surface area contributed by atoms with Crippen LogP contribution < -0.4 is 10.1 Å². The van der Waals surface area contributed by atoms with Gasteiger partial charge in [-0.1, -0.05) is 41.4 Å². The highest BCUT2D eigenvalue weighted by atomic mass is 35.5. The Morgan fingerprint density at radius 2 is 1.66 bits per heavy atom. The first-order chi connectivity index (χ1) is 15.0. The Kier molecular flexibility index (Phi) is 9.19. The zero-order chi connectivity index (χ0) is 23.9. The highest BCUT2D eigenvalue weighted by Crippen LogP contribution is 2.26. The van der Waals surface area contributed by atoms with E-state index in [1.807, 2.05) is 12.1 Å². The van der Waals surface area contributed by atoms with Gasteiger partial charge in [-0.15, -0.1) is 0 Å². The zero-order valence-electron chi connectivity index (χ0n) is 18.8. The van der Waals surface area contributed by atoms with Gasteiger partial charge in [0.2, 0.25) is 0 Å². The molecule has 0 saturated carbocycles. The van der Waals surface area contributed by atoms with Crippen LogP contribution in [0.15, 0.2) is 42.5 Å². The number of halogens is 2. The summed E-state index contributed by atoms with van der Waals surface area (Å²) < 4.78 is 11.1. The number of rotatable bonds is 8. The molecule has 174 valence electrons. The molecule has 0 radical (unpaired) electrons. The van der Waals surface area contributed by atoms with Gasteiger partial charge in [-0.2, -0.15) is 0 Å². The Hall–Kier alpha value is -2.48. The van der Waals surface area contributed by atoms with Crippen molar-refractivity contribution in [1.29, 1.82) is 0 Å². The third kappa shape index (κ3) is 7.89. The molecule has 0 unspecified atom stereocenters. The smallest absolute Gasteiger partial charge is 0.408 e. The van der Waals surface area contributed by atoms with Crippen molar-refractivity contribution in [3.05, 3.63) is 63.6 Å². The van der Waals surface area contributed by atoms with Crippen LogP contribution in [0, 0.1) is 0 Å². The molecule has 0 spiro atoms. The number of amides is 2. The number of hydroxylamine groups is 2. The molecule has 0 aromatic heterocycles. The van der Waals surface area contributed by atoms with Crippen LogP contribution in [0.2, 0.25) is 10.0 Å². The normalized spacial score (nSPS) is 12.1. The van der Waals surface area contributed by atoms with Crippen molar-refractivity contribution in [2.24, 2.45) is 0 Å². The van der Waals surface area contributed by atoms with Gasteiger partial charge in [0.15, 0.2) is 0 Å². The maximum absolute atomic E-state index is 12.7. The number of carbonyl (C=O) groups is 2. The summed E-state index contributed by atoms with van der Waals surface area (Å²) in [5.41, 5.74) is 0.829. The highest BCUT2D eigenvalue weighted by molar-refractivity contribution is 6.35. The predicted molar refractivity (Wildman–Crippen MR) is 124 cm³/mol. The Bertz CT molecular complexity index is 909. The zero-order valence-corrected chi connectivity index (χ0v) is 20.3. The first-order valence-corrected chi connectivity index (χ1v) is 10.7. The van der Waals surface area contributed by atoms with Gasteiger partial charge < -0.3 is 14.8 Å². The molecule has 0 aliphatic rings. The molecule has 0 bridgehead atoms. The number of likely N-dealkylation sites (N-methyl/N-ethyl adjacent to an activating group) is 1. The third-order valence-electron chi connectivity index (χ3n) is 4.38. The number of carbonyl (C=O) groups excluding carboxylic acids is 2. The first-order valence-electron chi connectivity index (χ1n) is 9.96. The molecule has 9 heteroatoms. The Morgan fingerprint density at radius 1 is 1.06 bits per heavy atom. The topological polar surface area (TPSA) is 77.1 Å². The maximum Gasteiger partial charge on any atom is 0.408 e. The van der Waals surface area contributed by atoms with E-state index in [2.05, 4.69) is 5.32 Å². The number of hydrogen-bond donors (Lipinski definition) is 1. The molecule has 0 saturated heterocycles. The molecule has 7 nitrogen and oxygen atoms in total. The molecule has 2 amide bonds. The molecule has 2 aromatic carbocycles. The van der Waals surface area contributed by atoms with E-state index in [0.29, 0.717) is 21.4 Å². The molecular weight excluding hydrogens is 455 g/mol.